The van der Waals surface area contributed by atoms with E-state index < -0.39 is 18.1 Å². The Morgan fingerprint density at radius 3 is 2.71 bits per heavy atom. The fourth-order valence-electron chi connectivity index (χ4n) is 2.18. The molecule has 1 aromatic carbocycles. The van der Waals surface area contributed by atoms with Crippen LogP contribution < -0.4 is 5.32 Å². The second kappa shape index (κ2) is 8.71. The second-order valence-electron chi connectivity index (χ2n) is 5.42. The molecule has 0 bridgehead atoms. The number of hydrogen-bond acceptors (Lipinski definition) is 5. The smallest absolute Gasteiger partial charge is 0.408 e. The number of benzene rings is 1. The molecule has 128 valence electrons. The number of nitrogens with one attached hydrogen (secondary N) is 1. The van der Waals surface area contributed by atoms with Gasteiger partial charge in [0.1, 0.15) is 18.4 Å². The van der Waals surface area contributed by atoms with Crippen LogP contribution in [0, 0.1) is 6.92 Å². The Balaban J connectivity index is 1.75. The first-order chi connectivity index (χ1) is 11.5. The average molecular weight is 332 g/mol. The molecule has 1 atom stereocenters. The number of aryl methyl sites for hydroxylation is 2. The van der Waals surface area contributed by atoms with E-state index in [9.17, 15) is 14.7 Å². The van der Waals surface area contributed by atoms with Crippen molar-refractivity contribution < 1.29 is 24.0 Å². The fourth-order valence-corrected chi connectivity index (χ4v) is 2.18. The lowest BCUT2D eigenvalue weighted by atomic mass is 10.1. The maximum absolute atomic E-state index is 11.7. The van der Waals surface area contributed by atoms with Crippen molar-refractivity contribution in [3.63, 3.8) is 0 Å². The van der Waals surface area contributed by atoms with Crippen LogP contribution in [-0.2, 0) is 22.6 Å². The standard InChI is InChI=1S/C17H20N2O5/c1-12-10-14(24-19-12)8-5-9-15(16(20)21)18-17(22)23-11-13-6-3-2-4-7-13/h2-4,6-7,10,15H,5,8-9,11H2,1H3,(H,18,22)(H,20,21). The molecule has 0 spiro atoms. The van der Waals surface area contributed by atoms with Crippen molar-refractivity contribution in [1.82, 2.24) is 10.5 Å². The summed E-state index contributed by atoms with van der Waals surface area (Å²) in [6.45, 7) is 1.91. The first kappa shape index (κ1) is 17.5. The van der Waals surface area contributed by atoms with Gasteiger partial charge in [-0.2, -0.15) is 0 Å². The molecule has 1 amide bonds. The predicted octanol–water partition coefficient (Wildman–Crippen LogP) is 2.69. The first-order valence-electron chi connectivity index (χ1n) is 7.67. The minimum absolute atomic E-state index is 0.0936. The summed E-state index contributed by atoms with van der Waals surface area (Å²) in [4.78, 5) is 23.0. The molecule has 7 nitrogen and oxygen atoms in total. The number of aromatic nitrogens is 1. The van der Waals surface area contributed by atoms with E-state index in [2.05, 4.69) is 10.5 Å². The summed E-state index contributed by atoms with van der Waals surface area (Å²) in [6, 6.07) is 9.97. The van der Waals surface area contributed by atoms with E-state index in [-0.39, 0.29) is 13.0 Å². The fraction of sp³-hybridized carbons (Fsp3) is 0.353. The SMILES string of the molecule is Cc1cc(CCCC(NC(=O)OCc2ccccc2)C(=O)O)on1. The van der Waals surface area contributed by atoms with E-state index in [0.29, 0.717) is 18.6 Å². The van der Waals surface area contributed by atoms with Crippen molar-refractivity contribution in [2.24, 2.45) is 0 Å². The first-order valence-corrected chi connectivity index (χ1v) is 7.67. The van der Waals surface area contributed by atoms with Crippen LogP contribution in [0.2, 0.25) is 0 Å². The van der Waals surface area contributed by atoms with Crippen LogP contribution in [0.3, 0.4) is 0 Å². The summed E-state index contributed by atoms with van der Waals surface area (Å²) in [6.07, 6.45) is 0.632. The number of carboxylic acids is 1. The van der Waals surface area contributed by atoms with Gasteiger partial charge in [0.25, 0.3) is 0 Å². The van der Waals surface area contributed by atoms with Crippen molar-refractivity contribution in [1.29, 1.82) is 0 Å². The Morgan fingerprint density at radius 2 is 2.08 bits per heavy atom. The molecule has 2 aromatic rings. The molecular weight excluding hydrogens is 312 g/mol. The van der Waals surface area contributed by atoms with Crippen LogP contribution in [0.5, 0.6) is 0 Å². The Labute approximate surface area is 139 Å². The lowest BCUT2D eigenvalue weighted by Crippen LogP contribution is -2.41. The monoisotopic (exact) mass is 332 g/mol. The van der Waals surface area contributed by atoms with E-state index >= 15 is 0 Å². The molecule has 0 saturated carbocycles. The van der Waals surface area contributed by atoms with Gasteiger partial charge in [0.15, 0.2) is 0 Å². The van der Waals surface area contributed by atoms with Crippen LogP contribution in [0.25, 0.3) is 0 Å². The summed E-state index contributed by atoms with van der Waals surface area (Å²) in [5.74, 6) is -0.399. The molecule has 0 aliphatic carbocycles. The molecule has 1 aromatic heterocycles. The van der Waals surface area contributed by atoms with E-state index in [4.69, 9.17) is 9.26 Å². The van der Waals surface area contributed by atoms with Crippen LogP contribution in [0.4, 0.5) is 4.79 Å². The molecule has 1 heterocycles. The van der Waals surface area contributed by atoms with E-state index in [1.54, 1.807) is 6.07 Å². The highest BCUT2D eigenvalue weighted by molar-refractivity contribution is 5.79. The number of carbonyl (C=O) groups is 2. The van der Waals surface area contributed by atoms with Crippen molar-refractivity contribution in [2.45, 2.75) is 38.8 Å². The van der Waals surface area contributed by atoms with Gasteiger partial charge in [0.2, 0.25) is 0 Å². The number of carboxylic acid groups (broad SMARTS) is 1. The number of nitrogens with zero attached hydrogens (tertiary/aromatic N) is 1. The van der Waals surface area contributed by atoms with Crippen LogP contribution in [0.15, 0.2) is 40.9 Å². The Hall–Kier alpha value is -2.83. The molecular formula is C17H20N2O5. The van der Waals surface area contributed by atoms with Gasteiger partial charge in [-0.05, 0) is 25.3 Å². The van der Waals surface area contributed by atoms with Crippen molar-refractivity contribution in [3.05, 3.63) is 53.4 Å². The summed E-state index contributed by atoms with van der Waals surface area (Å²) in [5.41, 5.74) is 1.61. The van der Waals surface area contributed by atoms with Gasteiger partial charge in [0, 0.05) is 12.5 Å². The number of ether oxygens (including phenoxy) is 1. The highest BCUT2D eigenvalue weighted by atomic mass is 16.5. The second-order valence-corrected chi connectivity index (χ2v) is 5.42. The maximum atomic E-state index is 11.7. The molecule has 1 unspecified atom stereocenters. The van der Waals surface area contributed by atoms with Gasteiger partial charge < -0.3 is 19.7 Å². The summed E-state index contributed by atoms with van der Waals surface area (Å²) in [5, 5.41) is 15.3. The number of aliphatic carboxylic acids is 1. The van der Waals surface area contributed by atoms with Gasteiger partial charge in [-0.25, -0.2) is 9.59 Å². The topological polar surface area (TPSA) is 102 Å². The van der Waals surface area contributed by atoms with E-state index in [0.717, 1.165) is 11.3 Å². The highest BCUT2D eigenvalue weighted by Crippen LogP contribution is 2.09. The largest absolute Gasteiger partial charge is 0.480 e. The third kappa shape index (κ3) is 5.75. The lowest BCUT2D eigenvalue weighted by molar-refractivity contribution is -0.139. The molecule has 7 heteroatoms. The minimum atomic E-state index is -1.10. The highest BCUT2D eigenvalue weighted by Gasteiger charge is 2.20. The summed E-state index contributed by atoms with van der Waals surface area (Å²) in [7, 11) is 0. The third-order valence-corrected chi connectivity index (χ3v) is 3.40. The molecule has 24 heavy (non-hydrogen) atoms. The Kier molecular flexibility index (Phi) is 6.36. The van der Waals surface area contributed by atoms with E-state index in [1.165, 1.54) is 0 Å². The van der Waals surface area contributed by atoms with Gasteiger partial charge in [0.05, 0.1) is 5.69 Å². The predicted molar refractivity (Wildman–Crippen MR) is 85.4 cm³/mol. The van der Waals surface area contributed by atoms with Crippen LogP contribution in [-0.4, -0.2) is 28.4 Å². The maximum Gasteiger partial charge on any atom is 0.408 e. The molecule has 0 aliphatic heterocycles. The van der Waals surface area contributed by atoms with Gasteiger partial charge in [-0.1, -0.05) is 35.5 Å². The number of alkyl carbamates (subject to hydrolysis) is 1. The number of amides is 1. The normalized spacial score (nSPS) is 11.7. The van der Waals surface area contributed by atoms with Crippen LogP contribution in [0.1, 0.15) is 29.9 Å². The number of carbonyl (C=O) groups excluding carboxylic acids is 1. The zero-order chi connectivity index (χ0) is 17.4. The van der Waals surface area contributed by atoms with Crippen molar-refractivity contribution in [2.75, 3.05) is 0 Å². The number of hydrogen-bond donors (Lipinski definition) is 2. The van der Waals surface area contributed by atoms with Gasteiger partial charge >= 0.3 is 12.1 Å². The molecule has 0 saturated heterocycles. The zero-order valence-corrected chi connectivity index (χ0v) is 13.4. The molecule has 2 N–H and O–H groups in total. The van der Waals surface area contributed by atoms with Crippen molar-refractivity contribution >= 4 is 12.1 Å². The summed E-state index contributed by atoms with van der Waals surface area (Å²) < 4.78 is 10.1. The van der Waals surface area contributed by atoms with E-state index in [1.807, 2.05) is 37.3 Å². The Morgan fingerprint density at radius 1 is 1.33 bits per heavy atom. The summed E-state index contributed by atoms with van der Waals surface area (Å²) >= 11 is 0. The molecule has 0 aliphatic rings. The van der Waals surface area contributed by atoms with Crippen LogP contribution >= 0.6 is 0 Å². The number of rotatable bonds is 8. The lowest BCUT2D eigenvalue weighted by Gasteiger charge is -2.14. The molecule has 0 radical (unpaired) electrons. The Bertz CT molecular complexity index is 669. The molecule has 0 fully saturated rings. The average Bonchev–Trinajstić information content (AvgIpc) is 2.98. The quantitative estimate of drug-likeness (QED) is 0.770. The minimum Gasteiger partial charge on any atom is -0.480 e. The zero-order valence-electron chi connectivity index (χ0n) is 13.4. The van der Waals surface area contributed by atoms with Gasteiger partial charge in [-0.3, -0.25) is 0 Å². The molecule has 2 rings (SSSR count). The van der Waals surface area contributed by atoms with Gasteiger partial charge in [-0.15, -0.1) is 0 Å². The van der Waals surface area contributed by atoms with Crippen molar-refractivity contribution in [3.8, 4) is 0 Å². The third-order valence-electron chi connectivity index (χ3n) is 3.40.